The Labute approximate surface area is 120 Å². The molecule has 1 N–H and O–H groups in total. The van der Waals surface area contributed by atoms with E-state index in [2.05, 4.69) is 4.90 Å². The summed E-state index contributed by atoms with van der Waals surface area (Å²) in [6.07, 6.45) is 1.72. The predicted molar refractivity (Wildman–Crippen MR) is 80.2 cm³/mol. The third-order valence-electron chi connectivity index (χ3n) is 3.67. The highest BCUT2D eigenvalue weighted by Gasteiger charge is 2.19. The molecule has 0 bridgehead atoms. The molecule has 0 aromatic heterocycles. The molecule has 1 amide bonds. The van der Waals surface area contributed by atoms with Crippen LogP contribution in [0.3, 0.4) is 0 Å². The van der Waals surface area contributed by atoms with Crippen LogP contribution in [0.1, 0.15) is 12.5 Å². The molecule has 2 rings (SSSR count). The van der Waals surface area contributed by atoms with Crippen molar-refractivity contribution in [2.24, 2.45) is 0 Å². The topological polar surface area (TPSA) is 43.8 Å². The maximum absolute atomic E-state index is 12.2. The molecule has 1 saturated heterocycles. The number of amides is 1. The summed E-state index contributed by atoms with van der Waals surface area (Å²) >= 11 is 0. The normalized spacial score (nSPS) is 17.3. The number of β-amino-alcohol motifs (C(OH)–C–C–N with tert-alkyl or cyclic N) is 1. The van der Waals surface area contributed by atoms with Crippen LogP contribution in [0, 0.1) is 0 Å². The number of hydrogen-bond donors (Lipinski definition) is 1. The first-order valence-corrected chi connectivity index (χ1v) is 7.06. The van der Waals surface area contributed by atoms with Gasteiger partial charge in [0.05, 0.1) is 6.61 Å². The molecule has 1 aromatic rings. The van der Waals surface area contributed by atoms with Crippen LogP contribution < -0.4 is 0 Å². The molecular formula is C16H22N2O2. The first kappa shape index (κ1) is 14.8. The Morgan fingerprint density at radius 2 is 1.85 bits per heavy atom. The second-order valence-electron chi connectivity index (χ2n) is 5.08. The lowest BCUT2D eigenvalue weighted by molar-refractivity contribution is -0.127. The van der Waals surface area contributed by atoms with E-state index in [1.54, 1.807) is 6.08 Å². The highest BCUT2D eigenvalue weighted by atomic mass is 16.3. The van der Waals surface area contributed by atoms with Gasteiger partial charge in [0.25, 0.3) is 0 Å². The van der Waals surface area contributed by atoms with Crippen LogP contribution in [0.4, 0.5) is 0 Å². The molecule has 4 nitrogen and oxygen atoms in total. The highest BCUT2D eigenvalue weighted by Crippen LogP contribution is 2.13. The predicted octanol–water partition coefficient (Wildman–Crippen LogP) is 1.23. The number of aliphatic hydroxyl groups is 1. The number of nitrogens with zero attached hydrogens (tertiary/aromatic N) is 2. The molecule has 20 heavy (non-hydrogen) atoms. The average Bonchev–Trinajstić information content (AvgIpc) is 2.49. The fourth-order valence-electron chi connectivity index (χ4n) is 2.39. The van der Waals surface area contributed by atoms with Gasteiger partial charge in [0.1, 0.15) is 0 Å². The minimum absolute atomic E-state index is 0.0787. The largest absolute Gasteiger partial charge is 0.395 e. The van der Waals surface area contributed by atoms with Crippen molar-refractivity contribution in [3.63, 3.8) is 0 Å². The van der Waals surface area contributed by atoms with E-state index in [1.165, 1.54) is 0 Å². The van der Waals surface area contributed by atoms with Crippen LogP contribution in [0.25, 0.3) is 5.57 Å². The summed E-state index contributed by atoms with van der Waals surface area (Å²) < 4.78 is 0. The summed E-state index contributed by atoms with van der Waals surface area (Å²) in [6, 6.07) is 9.95. The monoisotopic (exact) mass is 274 g/mol. The van der Waals surface area contributed by atoms with Gasteiger partial charge in [-0.1, -0.05) is 30.3 Å². The van der Waals surface area contributed by atoms with E-state index in [0.717, 1.165) is 37.3 Å². The first-order chi connectivity index (χ1) is 9.70. The number of carbonyl (C=O) groups is 1. The Morgan fingerprint density at radius 3 is 2.45 bits per heavy atom. The summed E-state index contributed by atoms with van der Waals surface area (Å²) in [5.41, 5.74) is 2.08. The van der Waals surface area contributed by atoms with E-state index in [4.69, 9.17) is 5.11 Å². The molecule has 1 heterocycles. The number of piperazine rings is 1. The first-order valence-electron chi connectivity index (χ1n) is 7.06. The van der Waals surface area contributed by atoms with E-state index < -0.39 is 0 Å². The van der Waals surface area contributed by atoms with Gasteiger partial charge >= 0.3 is 0 Å². The molecule has 0 radical (unpaired) electrons. The van der Waals surface area contributed by atoms with Gasteiger partial charge in [-0.05, 0) is 18.1 Å². The second kappa shape index (κ2) is 7.22. The third kappa shape index (κ3) is 3.92. The van der Waals surface area contributed by atoms with Crippen molar-refractivity contribution in [3.8, 4) is 0 Å². The molecule has 1 aromatic carbocycles. The minimum atomic E-state index is 0.0787. The van der Waals surface area contributed by atoms with Crippen LogP contribution in [0.2, 0.25) is 0 Å². The SMILES string of the molecule is CC(=CC(=O)N1CCN(CCO)CC1)c1ccccc1. The lowest BCUT2D eigenvalue weighted by atomic mass is 10.1. The molecule has 0 aliphatic carbocycles. The third-order valence-corrected chi connectivity index (χ3v) is 3.67. The van der Waals surface area contributed by atoms with Crippen molar-refractivity contribution in [2.75, 3.05) is 39.3 Å². The lowest BCUT2D eigenvalue weighted by Crippen LogP contribution is -2.48. The second-order valence-corrected chi connectivity index (χ2v) is 5.08. The molecule has 0 spiro atoms. The molecular weight excluding hydrogens is 252 g/mol. The summed E-state index contributed by atoms with van der Waals surface area (Å²) in [4.78, 5) is 16.3. The van der Waals surface area contributed by atoms with E-state index in [9.17, 15) is 4.79 Å². The zero-order chi connectivity index (χ0) is 14.4. The molecule has 1 aliphatic heterocycles. The summed E-state index contributed by atoms with van der Waals surface area (Å²) in [6.45, 7) is 5.99. The van der Waals surface area contributed by atoms with E-state index in [-0.39, 0.29) is 12.5 Å². The number of carbonyl (C=O) groups excluding carboxylic acids is 1. The van der Waals surface area contributed by atoms with Crippen LogP contribution >= 0.6 is 0 Å². The van der Waals surface area contributed by atoms with Crippen molar-refractivity contribution < 1.29 is 9.90 Å². The number of benzene rings is 1. The maximum atomic E-state index is 12.2. The van der Waals surface area contributed by atoms with E-state index in [0.29, 0.717) is 6.54 Å². The van der Waals surface area contributed by atoms with E-state index in [1.807, 2.05) is 42.2 Å². The van der Waals surface area contributed by atoms with Crippen LogP contribution in [0.15, 0.2) is 36.4 Å². The number of hydrogen-bond acceptors (Lipinski definition) is 3. The van der Waals surface area contributed by atoms with Gasteiger partial charge in [-0.25, -0.2) is 0 Å². The van der Waals surface area contributed by atoms with Crippen molar-refractivity contribution in [2.45, 2.75) is 6.92 Å². The average molecular weight is 274 g/mol. The Balaban J connectivity index is 1.92. The van der Waals surface area contributed by atoms with Gasteiger partial charge in [-0.2, -0.15) is 0 Å². The summed E-state index contributed by atoms with van der Waals surface area (Å²) in [7, 11) is 0. The Kier molecular flexibility index (Phi) is 5.32. The van der Waals surface area contributed by atoms with Gasteiger partial charge in [0.15, 0.2) is 0 Å². The van der Waals surface area contributed by atoms with Crippen molar-refractivity contribution in [1.82, 2.24) is 9.80 Å². The zero-order valence-corrected chi connectivity index (χ0v) is 12.0. The molecule has 0 saturated carbocycles. The number of aliphatic hydroxyl groups excluding tert-OH is 1. The van der Waals surface area contributed by atoms with Gasteiger partial charge in [0, 0.05) is 38.8 Å². The van der Waals surface area contributed by atoms with Crippen molar-refractivity contribution in [3.05, 3.63) is 42.0 Å². The Bertz CT molecular complexity index is 463. The number of allylic oxidation sites excluding steroid dienone is 1. The van der Waals surface area contributed by atoms with Gasteiger partial charge in [0.2, 0.25) is 5.91 Å². The minimum Gasteiger partial charge on any atom is -0.395 e. The summed E-state index contributed by atoms with van der Waals surface area (Å²) in [5.74, 6) is 0.0787. The van der Waals surface area contributed by atoms with E-state index >= 15 is 0 Å². The van der Waals surface area contributed by atoms with Crippen molar-refractivity contribution >= 4 is 11.5 Å². The Morgan fingerprint density at radius 1 is 1.20 bits per heavy atom. The van der Waals surface area contributed by atoms with Gasteiger partial charge < -0.3 is 10.0 Å². The lowest BCUT2D eigenvalue weighted by Gasteiger charge is -2.33. The molecule has 108 valence electrons. The molecule has 1 fully saturated rings. The van der Waals surface area contributed by atoms with Gasteiger partial charge in [-0.15, -0.1) is 0 Å². The van der Waals surface area contributed by atoms with Crippen LogP contribution in [0.5, 0.6) is 0 Å². The number of rotatable bonds is 4. The molecule has 1 aliphatic rings. The highest BCUT2D eigenvalue weighted by molar-refractivity contribution is 5.94. The molecule has 0 unspecified atom stereocenters. The summed E-state index contributed by atoms with van der Waals surface area (Å²) in [5, 5.41) is 8.91. The van der Waals surface area contributed by atoms with Gasteiger partial charge in [-0.3, -0.25) is 9.69 Å². The standard InChI is InChI=1S/C16H22N2O2/c1-14(15-5-3-2-4-6-15)13-16(20)18-9-7-17(8-10-18)11-12-19/h2-6,13,19H,7-12H2,1H3. The molecule has 0 atom stereocenters. The van der Waals surface area contributed by atoms with Crippen LogP contribution in [-0.4, -0.2) is 60.1 Å². The van der Waals surface area contributed by atoms with Crippen LogP contribution in [-0.2, 0) is 4.79 Å². The quantitative estimate of drug-likeness (QED) is 0.840. The molecule has 4 heteroatoms. The fraction of sp³-hybridized carbons (Fsp3) is 0.438. The fourth-order valence-corrected chi connectivity index (χ4v) is 2.39. The van der Waals surface area contributed by atoms with Crippen molar-refractivity contribution in [1.29, 1.82) is 0 Å². The Hall–Kier alpha value is -1.65. The smallest absolute Gasteiger partial charge is 0.246 e. The zero-order valence-electron chi connectivity index (χ0n) is 12.0. The maximum Gasteiger partial charge on any atom is 0.246 e.